The number of rotatable bonds is 10. The molecule has 4 aromatic carbocycles. The number of fused-ring (bicyclic) bond motifs is 4. The summed E-state index contributed by atoms with van der Waals surface area (Å²) in [6.07, 6.45) is 18.0. The SMILES string of the molecule is C=C/C=C(\C=C/C)N1c2ccccc2C(C)(C)c2cc3c(cc21)C(C)(C)c1ccccc1N3c1ccc(CN=C/C=C(N=C)/C(/C=C\C)=C/C)cc1. The van der Waals surface area contributed by atoms with Crippen molar-refractivity contribution in [3.8, 4) is 0 Å². The lowest BCUT2D eigenvalue weighted by atomic mass is 9.69. The molecule has 0 unspecified atom stereocenters. The van der Waals surface area contributed by atoms with Gasteiger partial charge in [-0.3, -0.25) is 9.98 Å². The van der Waals surface area contributed by atoms with Gasteiger partial charge in [0.1, 0.15) is 0 Å². The van der Waals surface area contributed by atoms with Crippen LogP contribution in [0.1, 0.15) is 76.3 Å². The van der Waals surface area contributed by atoms with E-state index >= 15 is 0 Å². The Bertz CT molecular complexity index is 2180. The molecule has 0 amide bonds. The highest BCUT2D eigenvalue weighted by Crippen LogP contribution is 2.58. The highest BCUT2D eigenvalue weighted by atomic mass is 15.2. The van der Waals surface area contributed by atoms with Crippen LogP contribution >= 0.6 is 0 Å². The zero-order chi connectivity index (χ0) is 37.0. The molecule has 4 aromatic rings. The van der Waals surface area contributed by atoms with E-state index in [0.29, 0.717) is 6.54 Å². The number of hydrogen-bond donors (Lipinski definition) is 0. The second-order valence-electron chi connectivity index (χ2n) is 14.3. The van der Waals surface area contributed by atoms with Gasteiger partial charge in [-0.1, -0.05) is 113 Å². The fraction of sp³-hybridized carbons (Fsp3) is 0.208. The van der Waals surface area contributed by atoms with Gasteiger partial charge in [0.05, 0.1) is 35.0 Å². The van der Waals surface area contributed by atoms with E-state index in [1.54, 1.807) is 0 Å². The molecule has 0 aromatic heterocycles. The molecule has 0 aliphatic carbocycles. The maximum atomic E-state index is 4.70. The van der Waals surface area contributed by atoms with E-state index in [0.717, 1.165) is 28.2 Å². The standard InChI is InChI=1S/C48H50N4/c1-10-18-35(13-4)42(49-9)29-30-50-33-34-25-27-37(28-26-34)52-44-24-17-15-22-39(44)48(7,8)41-31-45-40(32-46(41)52)47(5,6)38-21-14-16-23-43(38)51(45)36(19-11-2)20-12-3/h10-32H,2,9,33H2,1,3-8H3/b18-10-,20-12-,35-13+,36-19+,42-29-,50-30?. The summed E-state index contributed by atoms with van der Waals surface area (Å²) >= 11 is 0. The minimum atomic E-state index is -0.242. The van der Waals surface area contributed by atoms with Crippen LogP contribution in [0.2, 0.25) is 0 Å². The lowest BCUT2D eigenvalue weighted by Gasteiger charge is -2.47. The zero-order valence-electron chi connectivity index (χ0n) is 31.7. The Morgan fingerprint density at radius 3 is 1.90 bits per heavy atom. The van der Waals surface area contributed by atoms with Crippen molar-refractivity contribution < 1.29 is 0 Å². The number of benzene rings is 4. The second-order valence-corrected chi connectivity index (χ2v) is 14.3. The molecule has 0 spiro atoms. The summed E-state index contributed by atoms with van der Waals surface area (Å²) < 4.78 is 0. The molecule has 6 rings (SSSR count). The molecule has 4 heteroatoms. The molecule has 0 bridgehead atoms. The fourth-order valence-corrected chi connectivity index (χ4v) is 7.73. The molecule has 52 heavy (non-hydrogen) atoms. The van der Waals surface area contributed by atoms with Crippen LogP contribution in [0.15, 0.2) is 167 Å². The van der Waals surface area contributed by atoms with Crippen molar-refractivity contribution >= 4 is 41.4 Å². The van der Waals surface area contributed by atoms with Gasteiger partial charge in [0.2, 0.25) is 0 Å². The summed E-state index contributed by atoms with van der Waals surface area (Å²) in [5.41, 5.74) is 14.6. The molecule has 0 fully saturated rings. The van der Waals surface area contributed by atoms with Gasteiger partial charge < -0.3 is 9.80 Å². The van der Waals surface area contributed by atoms with Gasteiger partial charge in [0, 0.05) is 28.4 Å². The van der Waals surface area contributed by atoms with Crippen molar-refractivity contribution in [2.45, 2.75) is 65.8 Å². The molecular weight excluding hydrogens is 633 g/mol. The van der Waals surface area contributed by atoms with E-state index in [1.165, 1.54) is 45.0 Å². The van der Waals surface area contributed by atoms with Crippen LogP contribution in [-0.2, 0) is 17.4 Å². The van der Waals surface area contributed by atoms with Crippen molar-refractivity contribution in [3.05, 3.63) is 185 Å². The van der Waals surface area contributed by atoms with Crippen molar-refractivity contribution in [2.75, 3.05) is 9.80 Å². The molecule has 0 atom stereocenters. The first-order valence-corrected chi connectivity index (χ1v) is 18.1. The van der Waals surface area contributed by atoms with Crippen molar-refractivity contribution in [1.82, 2.24) is 0 Å². The molecular formula is C48H50N4. The van der Waals surface area contributed by atoms with Gasteiger partial charge >= 0.3 is 0 Å². The van der Waals surface area contributed by atoms with Crippen LogP contribution in [0.4, 0.5) is 28.4 Å². The third-order valence-corrected chi connectivity index (χ3v) is 10.4. The number of para-hydroxylation sites is 2. The Kier molecular flexibility index (Phi) is 10.3. The van der Waals surface area contributed by atoms with Crippen LogP contribution in [-0.4, -0.2) is 12.9 Å². The first kappa shape index (κ1) is 36.1. The number of aliphatic imine (C=N–C) groups is 2. The summed E-state index contributed by atoms with van der Waals surface area (Å²) in [4.78, 5) is 13.7. The normalized spacial score (nSPS) is 16.6. The van der Waals surface area contributed by atoms with Gasteiger partial charge in [-0.15, -0.1) is 0 Å². The summed E-state index contributed by atoms with van der Waals surface area (Å²) in [6, 6.07) is 31.4. The molecule has 0 saturated carbocycles. The monoisotopic (exact) mass is 682 g/mol. The molecule has 2 heterocycles. The summed E-state index contributed by atoms with van der Waals surface area (Å²) in [5.74, 6) is 0. The molecule has 0 N–H and O–H groups in total. The second kappa shape index (κ2) is 14.9. The van der Waals surface area contributed by atoms with Gasteiger partial charge in [-0.2, -0.15) is 0 Å². The molecule has 4 nitrogen and oxygen atoms in total. The predicted octanol–water partition coefficient (Wildman–Crippen LogP) is 12.9. The third-order valence-electron chi connectivity index (χ3n) is 10.4. The van der Waals surface area contributed by atoms with E-state index in [-0.39, 0.29) is 10.8 Å². The average Bonchev–Trinajstić information content (AvgIpc) is 3.15. The van der Waals surface area contributed by atoms with Gasteiger partial charge in [0.15, 0.2) is 0 Å². The Morgan fingerprint density at radius 1 is 0.692 bits per heavy atom. The fourth-order valence-electron chi connectivity index (χ4n) is 7.73. The maximum absolute atomic E-state index is 4.70. The largest absolute Gasteiger partial charge is 0.310 e. The van der Waals surface area contributed by atoms with Crippen LogP contribution < -0.4 is 9.80 Å². The topological polar surface area (TPSA) is 31.2 Å². The number of hydrogen-bond acceptors (Lipinski definition) is 4. The van der Waals surface area contributed by atoms with E-state index in [9.17, 15) is 0 Å². The van der Waals surface area contributed by atoms with Crippen molar-refractivity contribution in [3.63, 3.8) is 0 Å². The maximum Gasteiger partial charge on any atom is 0.0706 e. The quantitative estimate of drug-likeness (QED) is 0.123. The Morgan fingerprint density at radius 2 is 1.29 bits per heavy atom. The smallest absolute Gasteiger partial charge is 0.0706 e. The van der Waals surface area contributed by atoms with Crippen LogP contribution in [0.5, 0.6) is 0 Å². The van der Waals surface area contributed by atoms with Crippen molar-refractivity contribution in [2.24, 2.45) is 9.98 Å². The van der Waals surface area contributed by atoms with Crippen LogP contribution in [0.3, 0.4) is 0 Å². The Hall–Kier alpha value is -5.74. The van der Waals surface area contributed by atoms with E-state index in [1.807, 2.05) is 50.4 Å². The van der Waals surface area contributed by atoms with E-state index in [2.05, 4.69) is 166 Å². The van der Waals surface area contributed by atoms with Crippen molar-refractivity contribution in [1.29, 1.82) is 0 Å². The lowest BCUT2D eigenvalue weighted by Crippen LogP contribution is -2.35. The third kappa shape index (κ3) is 6.34. The molecule has 0 saturated heterocycles. The minimum Gasteiger partial charge on any atom is -0.310 e. The lowest BCUT2D eigenvalue weighted by molar-refractivity contribution is 0.614. The van der Waals surface area contributed by atoms with E-state index < -0.39 is 0 Å². The average molecular weight is 683 g/mol. The molecule has 262 valence electrons. The Labute approximate surface area is 311 Å². The molecule has 2 aliphatic heterocycles. The first-order valence-electron chi connectivity index (χ1n) is 18.1. The van der Waals surface area contributed by atoms with E-state index in [4.69, 9.17) is 4.99 Å². The summed E-state index contributed by atoms with van der Waals surface area (Å²) in [5, 5.41) is 0. The van der Waals surface area contributed by atoms with Crippen LogP contribution in [0, 0.1) is 0 Å². The zero-order valence-corrected chi connectivity index (χ0v) is 31.7. The first-order chi connectivity index (χ1) is 25.1. The number of nitrogens with zero attached hydrogens (tertiary/aromatic N) is 4. The highest BCUT2D eigenvalue weighted by Gasteiger charge is 2.42. The highest BCUT2D eigenvalue weighted by molar-refractivity contribution is 5.91. The molecule has 2 aliphatic rings. The predicted molar refractivity (Wildman–Crippen MR) is 225 cm³/mol. The van der Waals surface area contributed by atoms with Gasteiger partial charge in [-0.25, -0.2) is 0 Å². The summed E-state index contributed by atoms with van der Waals surface area (Å²) in [7, 11) is 0. The van der Waals surface area contributed by atoms with Crippen LogP contribution in [0.25, 0.3) is 0 Å². The Balaban J connectivity index is 1.47. The number of anilines is 5. The van der Waals surface area contributed by atoms with Gasteiger partial charge in [-0.05, 0) is 116 Å². The minimum absolute atomic E-state index is 0.239. The number of allylic oxidation sites excluding steroid dienone is 8. The van der Waals surface area contributed by atoms with Gasteiger partial charge in [0.25, 0.3) is 0 Å². The molecule has 0 radical (unpaired) electrons. The summed E-state index contributed by atoms with van der Waals surface area (Å²) in [6.45, 7) is 23.9.